The largest absolute Gasteiger partial charge is 0.467 e. The quantitative estimate of drug-likeness (QED) is 0.748. The van der Waals surface area contributed by atoms with E-state index >= 15 is 0 Å². The van der Waals surface area contributed by atoms with E-state index in [0.29, 0.717) is 24.7 Å². The van der Waals surface area contributed by atoms with Gasteiger partial charge in [-0.1, -0.05) is 30.3 Å². The van der Waals surface area contributed by atoms with Crippen LogP contribution in [-0.4, -0.2) is 27.8 Å². The van der Waals surface area contributed by atoms with Gasteiger partial charge >= 0.3 is 0 Å². The summed E-state index contributed by atoms with van der Waals surface area (Å²) in [4.78, 5) is 23.0. The third-order valence-corrected chi connectivity index (χ3v) is 3.68. The maximum Gasteiger partial charge on any atom is 0.272 e. The number of aromatic nitrogens is 2. The molecule has 0 radical (unpaired) electrons. The molecule has 0 unspecified atom stereocenters. The molecule has 2 heterocycles. The van der Waals surface area contributed by atoms with Gasteiger partial charge in [0, 0.05) is 19.3 Å². The minimum absolute atomic E-state index is 0.143. The molecule has 0 aliphatic rings. The third kappa shape index (κ3) is 4.44. The highest BCUT2D eigenvalue weighted by molar-refractivity contribution is 5.92. The summed E-state index contributed by atoms with van der Waals surface area (Å²) in [5, 5.41) is 3.09. The molecule has 2 aromatic heterocycles. The predicted molar refractivity (Wildman–Crippen MR) is 95.0 cm³/mol. The second-order valence-corrected chi connectivity index (χ2v) is 5.80. The van der Waals surface area contributed by atoms with Crippen molar-refractivity contribution in [2.45, 2.75) is 20.0 Å². The second kappa shape index (κ2) is 7.61. The average Bonchev–Trinajstić information content (AvgIpc) is 3.13. The fourth-order valence-electron chi connectivity index (χ4n) is 2.46. The number of carbonyl (C=O) groups excluding carboxylic acids is 1. The van der Waals surface area contributed by atoms with Gasteiger partial charge in [0.2, 0.25) is 5.95 Å². The Morgan fingerprint density at radius 1 is 1.16 bits per heavy atom. The predicted octanol–water partition coefficient (Wildman–Crippen LogP) is 3.26. The molecule has 0 saturated carbocycles. The monoisotopic (exact) mass is 336 g/mol. The van der Waals surface area contributed by atoms with Gasteiger partial charge in [0.15, 0.2) is 0 Å². The number of nitrogens with one attached hydrogen (secondary N) is 1. The Balaban J connectivity index is 1.71. The maximum atomic E-state index is 12.7. The van der Waals surface area contributed by atoms with Gasteiger partial charge in [-0.25, -0.2) is 9.97 Å². The van der Waals surface area contributed by atoms with Crippen LogP contribution in [0.15, 0.2) is 59.2 Å². The Morgan fingerprint density at radius 2 is 1.96 bits per heavy atom. The Morgan fingerprint density at radius 3 is 2.68 bits per heavy atom. The lowest BCUT2D eigenvalue weighted by atomic mass is 10.2. The van der Waals surface area contributed by atoms with E-state index < -0.39 is 0 Å². The van der Waals surface area contributed by atoms with E-state index in [1.807, 2.05) is 49.4 Å². The first kappa shape index (κ1) is 16.7. The van der Waals surface area contributed by atoms with Crippen LogP contribution in [0.4, 0.5) is 5.95 Å². The zero-order valence-electron chi connectivity index (χ0n) is 14.3. The zero-order valence-corrected chi connectivity index (χ0v) is 14.3. The first-order valence-corrected chi connectivity index (χ1v) is 8.03. The number of nitrogens with zero attached hydrogens (tertiary/aromatic N) is 3. The highest BCUT2D eigenvalue weighted by Crippen LogP contribution is 2.11. The smallest absolute Gasteiger partial charge is 0.272 e. The number of amides is 1. The molecule has 1 amide bonds. The number of hydrogen-bond acceptors (Lipinski definition) is 5. The normalized spacial score (nSPS) is 10.5. The molecule has 3 rings (SSSR count). The Hall–Kier alpha value is -3.15. The van der Waals surface area contributed by atoms with Gasteiger partial charge in [-0.15, -0.1) is 0 Å². The van der Waals surface area contributed by atoms with Crippen molar-refractivity contribution in [2.24, 2.45) is 0 Å². The van der Waals surface area contributed by atoms with Crippen LogP contribution in [0.1, 0.15) is 27.5 Å². The second-order valence-electron chi connectivity index (χ2n) is 5.80. The van der Waals surface area contributed by atoms with Crippen molar-refractivity contribution in [3.8, 4) is 0 Å². The number of furan rings is 1. The summed E-state index contributed by atoms with van der Waals surface area (Å²) in [6.07, 6.45) is 1.61. The zero-order chi connectivity index (χ0) is 17.6. The molecular weight excluding hydrogens is 316 g/mol. The van der Waals surface area contributed by atoms with Crippen LogP contribution in [-0.2, 0) is 13.1 Å². The Bertz CT molecular complexity index is 832. The van der Waals surface area contributed by atoms with Crippen LogP contribution >= 0.6 is 0 Å². The molecule has 6 nitrogen and oxygen atoms in total. The minimum atomic E-state index is -0.143. The third-order valence-electron chi connectivity index (χ3n) is 3.68. The van der Waals surface area contributed by atoms with Gasteiger partial charge < -0.3 is 14.6 Å². The molecule has 0 spiro atoms. The minimum Gasteiger partial charge on any atom is -0.467 e. The van der Waals surface area contributed by atoms with Crippen LogP contribution in [0, 0.1) is 6.92 Å². The first-order chi connectivity index (χ1) is 12.1. The van der Waals surface area contributed by atoms with E-state index in [0.717, 1.165) is 17.0 Å². The van der Waals surface area contributed by atoms with E-state index in [1.165, 1.54) is 0 Å². The van der Waals surface area contributed by atoms with E-state index in [9.17, 15) is 4.79 Å². The van der Waals surface area contributed by atoms with Crippen molar-refractivity contribution in [3.63, 3.8) is 0 Å². The fourth-order valence-corrected chi connectivity index (χ4v) is 2.46. The van der Waals surface area contributed by atoms with Crippen molar-refractivity contribution < 1.29 is 9.21 Å². The molecule has 25 heavy (non-hydrogen) atoms. The molecule has 1 aromatic carbocycles. The number of anilines is 1. The number of carbonyl (C=O) groups is 1. The highest BCUT2D eigenvalue weighted by atomic mass is 16.3. The van der Waals surface area contributed by atoms with Crippen molar-refractivity contribution in [3.05, 3.63) is 77.5 Å². The summed E-state index contributed by atoms with van der Waals surface area (Å²) >= 11 is 0. The van der Waals surface area contributed by atoms with E-state index in [2.05, 4.69) is 15.3 Å². The Kier molecular flexibility index (Phi) is 5.09. The first-order valence-electron chi connectivity index (χ1n) is 8.03. The summed E-state index contributed by atoms with van der Waals surface area (Å²) in [6.45, 7) is 2.83. The Labute approximate surface area is 146 Å². The summed E-state index contributed by atoms with van der Waals surface area (Å²) in [5.41, 5.74) is 2.17. The maximum absolute atomic E-state index is 12.7. The molecule has 1 N–H and O–H groups in total. The number of aryl methyl sites for hydroxylation is 1. The summed E-state index contributed by atoms with van der Waals surface area (Å²) in [5.74, 6) is 1.04. The molecule has 0 bridgehead atoms. The van der Waals surface area contributed by atoms with Crippen LogP contribution < -0.4 is 5.32 Å². The highest BCUT2D eigenvalue weighted by Gasteiger charge is 2.15. The summed E-state index contributed by atoms with van der Waals surface area (Å²) < 4.78 is 5.27. The number of hydrogen-bond donors (Lipinski definition) is 1. The van der Waals surface area contributed by atoms with Gasteiger partial charge in [-0.2, -0.15) is 0 Å². The van der Waals surface area contributed by atoms with Gasteiger partial charge in [-0.05, 0) is 30.7 Å². The summed E-state index contributed by atoms with van der Waals surface area (Å²) in [6, 6.07) is 15.2. The van der Waals surface area contributed by atoms with Crippen molar-refractivity contribution in [1.82, 2.24) is 14.9 Å². The van der Waals surface area contributed by atoms with E-state index in [-0.39, 0.29) is 5.91 Å². The molecule has 0 aliphatic heterocycles. The molecule has 3 aromatic rings. The topological polar surface area (TPSA) is 71.3 Å². The van der Waals surface area contributed by atoms with Gasteiger partial charge in [0.1, 0.15) is 11.5 Å². The average molecular weight is 336 g/mol. The van der Waals surface area contributed by atoms with Crippen LogP contribution in [0.2, 0.25) is 0 Å². The molecule has 0 saturated heterocycles. The van der Waals surface area contributed by atoms with Crippen molar-refractivity contribution in [1.29, 1.82) is 0 Å². The van der Waals surface area contributed by atoms with Gasteiger partial charge in [0.25, 0.3) is 5.91 Å². The van der Waals surface area contributed by atoms with Crippen LogP contribution in [0.3, 0.4) is 0 Å². The molecule has 128 valence electrons. The number of benzene rings is 1. The SMILES string of the molecule is Cc1cc(C(=O)N(C)Cc2ccccc2)nc(NCc2ccco2)n1. The molecule has 6 heteroatoms. The standard InChI is InChI=1S/C19H20N4O2/c1-14-11-17(18(24)23(2)13-15-7-4-3-5-8-15)22-19(21-14)20-12-16-9-6-10-25-16/h3-11H,12-13H2,1-2H3,(H,20,21,22). The van der Waals surface area contributed by atoms with Crippen molar-refractivity contribution >= 4 is 11.9 Å². The van der Waals surface area contributed by atoms with Crippen molar-refractivity contribution in [2.75, 3.05) is 12.4 Å². The number of rotatable bonds is 6. The lowest BCUT2D eigenvalue weighted by molar-refractivity contribution is 0.0779. The van der Waals surface area contributed by atoms with E-state index in [1.54, 1.807) is 24.3 Å². The van der Waals surface area contributed by atoms with Gasteiger partial charge in [-0.3, -0.25) is 4.79 Å². The summed E-state index contributed by atoms with van der Waals surface area (Å²) in [7, 11) is 1.77. The van der Waals surface area contributed by atoms with Crippen LogP contribution in [0.5, 0.6) is 0 Å². The fraction of sp³-hybridized carbons (Fsp3) is 0.211. The molecule has 0 atom stereocenters. The molecular formula is C19H20N4O2. The molecule has 0 fully saturated rings. The lowest BCUT2D eigenvalue weighted by Crippen LogP contribution is -2.27. The van der Waals surface area contributed by atoms with Gasteiger partial charge in [0.05, 0.1) is 12.8 Å². The lowest BCUT2D eigenvalue weighted by Gasteiger charge is -2.17. The van der Waals surface area contributed by atoms with Crippen LogP contribution in [0.25, 0.3) is 0 Å². The van der Waals surface area contributed by atoms with E-state index in [4.69, 9.17) is 4.42 Å². The molecule has 0 aliphatic carbocycles.